The highest BCUT2D eigenvalue weighted by atomic mass is 35.5. The van der Waals surface area contributed by atoms with E-state index in [1.54, 1.807) is 0 Å². The fourth-order valence-corrected chi connectivity index (χ4v) is 2.35. The molecule has 1 aromatic rings. The van der Waals surface area contributed by atoms with E-state index in [0.717, 1.165) is 31.1 Å². The molecule has 1 aliphatic heterocycles. The number of hydrogen-bond donors (Lipinski definition) is 2. The number of carbonyl (C=O) groups is 1. The van der Waals surface area contributed by atoms with E-state index in [9.17, 15) is 4.79 Å². The van der Waals surface area contributed by atoms with Crippen LogP contribution < -0.4 is 11.1 Å². The average molecular weight is 268 g/mol. The lowest BCUT2D eigenvalue weighted by atomic mass is 10.2. The van der Waals surface area contributed by atoms with Gasteiger partial charge in [-0.05, 0) is 24.1 Å². The first-order valence-electron chi connectivity index (χ1n) is 6.13. The van der Waals surface area contributed by atoms with Gasteiger partial charge in [-0.3, -0.25) is 9.69 Å². The Morgan fingerprint density at radius 2 is 2.17 bits per heavy atom. The molecular weight excluding hydrogens is 250 g/mol. The Labute approximate surface area is 112 Å². The van der Waals surface area contributed by atoms with Crippen molar-refractivity contribution in [2.75, 3.05) is 19.6 Å². The Morgan fingerprint density at radius 3 is 2.83 bits per heavy atom. The molecule has 0 aliphatic carbocycles. The Bertz CT molecular complexity index is 407. The third-order valence-corrected chi connectivity index (χ3v) is 3.39. The van der Waals surface area contributed by atoms with Crippen LogP contribution in [-0.2, 0) is 11.3 Å². The number of benzene rings is 1. The summed E-state index contributed by atoms with van der Waals surface area (Å²) in [6.07, 6.45) is 0.985. The van der Waals surface area contributed by atoms with Gasteiger partial charge in [0.25, 0.3) is 0 Å². The van der Waals surface area contributed by atoms with Gasteiger partial charge in [-0.15, -0.1) is 0 Å². The lowest BCUT2D eigenvalue weighted by molar-refractivity contribution is -0.120. The summed E-state index contributed by atoms with van der Waals surface area (Å²) in [5.74, 6) is -0.0756. The van der Waals surface area contributed by atoms with Gasteiger partial charge in [-0.2, -0.15) is 0 Å². The van der Waals surface area contributed by atoms with Crippen molar-refractivity contribution < 1.29 is 4.79 Å². The van der Waals surface area contributed by atoms with Crippen LogP contribution >= 0.6 is 11.6 Å². The Hall–Kier alpha value is -1.10. The topological polar surface area (TPSA) is 58.4 Å². The number of amides is 1. The van der Waals surface area contributed by atoms with Gasteiger partial charge in [-0.1, -0.05) is 23.7 Å². The van der Waals surface area contributed by atoms with Crippen molar-refractivity contribution in [3.63, 3.8) is 0 Å². The fraction of sp³-hybridized carbons (Fsp3) is 0.462. The molecule has 1 heterocycles. The third-order valence-electron chi connectivity index (χ3n) is 3.14. The van der Waals surface area contributed by atoms with Crippen molar-refractivity contribution in [3.8, 4) is 0 Å². The predicted molar refractivity (Wildman–Crippen MR) is 72.3 cm³/mol. The van der Waals surface area contributed by atoms with E-state index in [1.807, 2.05) is 24.3 Å². The SMILES string of the molecule is NCC(=O)N[C@H]1CCN(Cc2ccc(Cl)cc2)C1. The van der Waals surface area contributed by atoms with Crippen molar-refractivity contribution in [1.82, 2.24) is 10.2 Å². The average Bonchev–Trinajstić information content (AvgIpc) is 2.79. The van der Waals surface area contributed by atoms with E-state index in [4.69, 9.17) is 17.3 Å². The fourth-order valence-electron chi connectivity index (χ4n) is 2.23. The van der Waals surface area contributed by atoms with Crippen LogP contribution in [0.25, 0.3) is 0 Å². The Morgan fingerprint density at radius 1 is 1.44 bits per heavy atom. The molecule has 1 saturated heterocycles. The van der Waals surface area contributed by atoms with Gasteiger partial charge in [0.2, 0.25) is 5.91 Å². The maximum atomic E-state index is 11.2. The molecule has 1 atom stereocenters. The Kier molecular flexibility index (Phi) is 4.58. The quantitative estimate of drug-likeness (QED) is 0.855. The molecule has 3 N–H and O–H groups in total. The molecule has 98 valence electrons. The predicted octanol–water partition coefficient (Wildman–Crippen LogP) is 0.989. The van der Waals surface area contributed by atoms with Gasteiger partial charge in [-0.25, -0.2) is 0 Å². The standard InChI is InChI=1S/C13H18ClN3O/c14-11-3-1-10(2-4-11)8-17-6-5-12(9-17)16-13(18)7-15/h1-4,12H,5-9,15H2,(H,16,18)/t12-/m0/s1. The number of nitrogens with one attached hydrogen (secondary N) is 1. The normalized spacial score (nSPS) is 20.0. The summed E-state index contributed by atoms with van der Waals surface area (Å²) in [5.41, 5.74) is 6.53. The first-order valence-corrected chi connectivity index (χ1v) is 6.51. The second kappa shape index (κ2) is 6.18. The lowest BCUT2D eigenvalue weighted by Crippen LogP contribution is -2.40. The summed E-state index contributed by atoms with van der Waals surface area (Å²) in [4.78, 5) is 13.5. The van der Waals surface area contributed by atoms with E-state index < -0.39 is 0 Å². The first-order chi connectivity index (χ1) is 8.67. The van der Waals surface area contributed by atoms with E-state index in [0.29, 0.717) is 0 Å². The summed E-state index contributed by atoms with van der Waals surface area (Å²) >= 11 is 5.85. The van der Waals surface area contributed by atoms with Crippen LogP contribution in [0.3, 0.4) is 0 Å². The molecule has 2 rings (SSSR count). The zero-order valence-corrected chi connectivity index (χ0v) is 11.0. The number of nitrogens with two attached hydrogens (primary N) is 1. The molecule has 1 amide bonds. The summed E-state index contributed by atoms with van der Waals surface area (Å²) in [5, 5.41) is 3.68. The van der Waals surface area contributed by atoms with E-state index in [2.05, 4.69) is 10.2 Å². The number of hydrogen-bond acceptors (Lipinski definition) is 3. The smallest absolute Gasteiger partial charge is 0.233 e. The van der Waals surface area contributed by atoms with Gasteiger partial charge < -0.3 is 11.1 Å². The van der Waals surface area contributed by atoms with Gasteiger partial charge in [0.1, 0.15) is 0 Å². The molecule has 0 aromatic heterocycles. The van der Waals surface area contributed by atoms with E-state index in [1.165, 1.54) is 5.56 Å². The molecule has 0 saturated carbocycles. The minimum absolute atomic E-state index is 0.0632. The van der Waals surface area contributed by atoms with Crippen LogP contribution in [0.4, 0.5) is 0 Å². The van der Waals surface area contributed by atoms with Crippen molar-refractivity contribution in [3.05, 3.63) is 34.9 Å². The molecule has 0 radical (unpaired) electrons. The highest BCUT2D eigenvalue weighted by Gasteiger charge is 2.23. The number of rotatable bonds is 4. The molecule has 0 unspecified atom stereocenters. The second-order valence-electron chi connectivity index (χ2n) is 4.62. The number of halogens is 1. The second-order valence-corrected chi connectivity index (χ2v) is 5.06. The molecule has 0 bridgehead atoms. The summed E-state index contributed by atoms with van der Waals surface area (Å²) in [6, 6.07) is 8.11. The van der Waals surface area contributed by atoms with Gasteiger partial charge >= 0.3 is 0 Å². The Balaban J connectivity index is 1.82. The number of carbonyl (C=O) groups excluding carboxylic acids is 1. The van der Waals surface area contributed by atoms with Gasteiger partial charge in [0.05, 0.1) is 6.54 Å². The zero-order chi connectivity index (χ0) is 13.0. The number of likely N-dealkylation sites (tertiary alicyclic amines) is 1. The lowest BCUT2D eigenvalue weighted by Gasteiger charge is -2.16. The van der Waals surface area contributed by atoms with E-state index in [-0.39, 0.29) is 18.5 Å². The van der Waals surface area contributed by atoms with Crippen molar-refractivity contribution in [2.45, 2.75) is 19.0 Å². The van der Waals surface area contributed by atoms with Crippen molar-refractivity contribution in [2.24, 2.45) is 5.73 Å². The molecular formula is C13H18ClN3O. The summed E-state index contributed by atoms with van der Waals surface area (Å²) < 4.78 is 0. The molecule has 1 fully saturated rings. The largest absolute Gasteiger partial charge is 0.351 e. The van der Waals surface area contributed by atoms with Crippen LogP contribution in [0.2, 0.25) is 5.02 Å². The third kappa shape index (κ3) is 3.70. The maximum absolute atomic E-state index is 11.2. The van der Waals surface area contributed by atoms with Crippen LogP contribution in [0.1, 0.15) is 12.0 Å². The van der Waals surface area contributed by atoms with E-state index >= 15 is 0 Å². The van der Waals surface area contributed by atoms with Crippen LogP contribution in [0.15, 0.2) is 24.3 Å². The zero-order valence-electron chi connectivity index (χ0n) is 10.2. The molecule has 0 spiro atoms. The summed E-state index contributed by atoms with van der Waals surface area (Å²) in [6.45, 7) is 2.84. The molecule has 18 heavy (non-hydrogen) atoms. The summed E-state index contributed by atoms with van der Waals surface area (Å²) in [7, 11) is 0. The van der Waals surface area contributed by atoms with Crippen LogP contribution in [0, 0.1) is 0 Å². The molecule has 1 aromatic carbocycles. The first kappa shape index (κ1) is 13.3. The highest BCUT2D eigenvalue weighted by molar-refractivity contribution is 6.30. The monoisotopic (exact) mass is 267 g/mol. The molecule has 1 aliphatic rings. The minimum Gasteiger partial charge on any atom is -0.351 e. The van der Waals surface area contributed by atoms with Crippen LogP contribution in [-0.4, -0.2) is 36.5 Å². The van der Waals surface area contributed by atoms with Gasteiger partial charge in [0, 0.05) is 30.7 Å². The van der Waals surface area contributed by atoms with Gasteiger partial charge in [0.15, 0.2) is 0 Å². The maximum Gasteiger partial charge on any atom is 0.233 e. The highest BCUT2D eigenvalue weighted by Crippen LogP contribution is 2.15. The van der Waals surface area contributed by atoms with Crippen LogP contribution in [0.5, 0.6) is 0 Å². The minimum atomic E-state index is -0.0756. The van der Waals surface area contributed by atoms with Crippen molar-refractivity contribution in [1.29, 1.82) is 0 Å². The molecule has 5 heteroatoms. The number of nitrogens with zero attached hydrogens (tertiary/aromatic N) is 1. The van der Waals surface area contributed by atoms with Crippen molar-refractivity contribution >= 4 is 17.5 Å². The molecule has 4 nitrogen and oxygen atoms in total.